The van der Waals surface area contributed by atoms with E-state index >= 15 is 0 Å². The molecule has 3 aliphatic rings. The molecule has 33 heavy (non-hydrogen) atoms. The van der Waals surface area contributed by atoms with Gasteiger partial charge in [0.15, 0.2) is 0 Å². The van der Waals surface area contributed by atoms with Gasteiger partial charge in [-0.3, -0.25) is 9.59 Å². The van der Waals surface area contributed by atoms with Gasteiger partial charge in [-0.05, 0) is 49.3 Å². The van der Waals surface area contributed by atoms with E-state index in [0.717, 1.165) is 18.9 Å². The van der Waals surface area contributed by atoms with E-state index in [1.807, 2.05) is 0 Å². The minimum absolute atomic E-state index is 0.0159. The van der Waals surface area contributed by atoms with E-state index < -0.39 is 23.2 Å². The molecule has 5 rings (SSSR count). The number of hydrogen-bond acceptors (Lipinski definition) is 4. The van der Waals surface area contributed by atoms with Gasteiger partial charge in [0.05, 0.1) is 22.6 Å². The molecule has 1 aliphatic carbocycles. The maximum Gasteiger partial charge on any atom is 0.420 e. The number of nitrogens with zero attached hydrogens (tertiary/aromatic N) is 3. The fourth-order valence-corrected chi connectivity index (χ4v) is 4.93. The molecule has 0 N–H and O–H groups in total. The van der Waals surface area contributed by atoms with Crippen LogP contribution in [0, 0.1) is 23.2 Å². The zero-order valence-corrected chi connectivity index (χ0v) is 18.4. The van der Waals surface area contributed by atoms with Crippen LogP contribution in [0.25, 0.3) is 11.0 Å². The Morgan fingerprint density at radius 2 is 1.76 bits per heavy atom. The minimum Gasteiger partial charge on any atom is -0.449 e. The lowest BCUT2D eigenvalue weighted by molar-refractivity contribution is -0.142. The first-order valence-electron chi connectivity index (χ1n) is 11.0. The van der Waals surface area contributed by atoms with E-state index in [-0.39, 0.29) is 52.9 Å². The maximum absolute atomic E-state index is 13.7. The Balaban J connectivity index is 1.34. The highest BCUT2D eigenvalue weighted by atomic mass is 35.5. The van der Waals surface area contributed by atoms with Crippen LogP contribution >= 0.6 is 11.6 Å². The van der Waals surface area contributed by atoms with E-state index in [0.29, 0.717) is 31.5 Å². The first-order valence-corrected chi connectivity index (χ1v) is 11.4. The standard InChI is InChI=1S/C23H21ClF3N3O3/c24-18-16-7-15(13-1-2-13)8-17(23(25,26)27)19(16)33-20(18)22(32)29-5-3-14(4-6-29)21(31)30-10-12(9-28)11-30/h7-8,12-14H,1-6,10-11H2. The predicted molar refractivity (Wildman–Crippen MR) is 113 cm³/mol. The minimum atomic E-state index is -4.63. The first-order chi connectivity index (χ1) is 15.7. The fraction of sp³-hybridized carbons (Fsp3) is 0.522. The van der Waals surface area contributed by atoms with E-state index in [2.05, 4.69) is 6.07 Å². The quantitative estimate of drug-likeness (QED) is 0.632. The number of carbonyl (C=O) groups excluding carboxylic acids is 2. The van der Waals surface area contributed by atoms with Crippen molar-refractivity contribution in [2.45, 2.75) is 37.8 Å². The number of amides is 2. The van der Waals surface area contributed by atoms with Crippen LogP contribution in [-0.2, 0) is 11.0 Å². The van der Waals surface area contributed by atoms with Gasteiger partial charge < -0.3 is 14.2 Å². The fourth-order valence-electron chi connectivity index (χ4n) is 4.67. The van der Waals surface area contributed by atoms with E-state index in [1.165, 1.54) is 4.90 Å². The summed E-state index contributed by atoms with van der Waals surface area (Å²) in [6.07, 6.45) is -2.10. The van der Waals surface area contributed by atoms with Crippen molar-refractivity contribution in [3.8, 4) is 6.07 Å². The molecule has 1 saturated carbocycles. The topological polar surface area (TPSA) is 77.5 Å². The number of carbonyl (C=O) groups is 2. The van der Waals surface area contributed by atoms with Crippen molar-refractivity contribution in [3.05, 3.63) is 34.0 Å². The highest BCUT2D eigenvalue weighted by Gasteiger charge is 2.40. The van der Waals surface area contributed by atoms with E-state index in [1.54, 1.807) is 11.0 Å². The second-order valence-corrected chi connectivity index (χ2v) is 9.48. The molecule has 1 aromatic heterocycles. The number of nitriles is 1. The number of hydrogen-bond donors (Lipinski definition) is 0. The molecule has 3 heterocycles. The number of fused-ring (bicyclic) bond motifs is 1. The molecule has 0 atom stereocenters. The number of benzene rings is 1. The first kappa shape index (κ1) is 22.1. The second kappa shape index (κ2) is 7.94. The molecule has 1 aromatic carbocycles. The van der Waals surface area contributed by atoms with E-state index in [4.69, 9.17) is 21.3 Å². The van der Waals surface area contributed by atoms with Crippen molar-refractivity contribution in [2.75, 3.05) is 26.2 Å². The molecule has 174 valence electrons. The van der Waals surface area contributed by atoms with Gasteiger partial charge in [0, 0.05) is 37.5 Å². The van der Waals surface area contributed by atoms with Gasteiger partial charge in [0.25, 0.3) is 5.91 Å². The summed E-state index contributed by atoms with van der Waals surface area (Å²) >= 11 is 6.37. The number of halogens is 4. The van der Waals surface area contributed by atoms with Crippen molar-refractivity contribution in [2.24, 2.45) is 11.8 Å². The van der Waals surface area contributed by atoms with Gasteiger partial charge in [-0.1, -0.05) is 11.6 Å². The molecular formula is C23H21ClF3N3O3. The highest BCUT2D eigenvalue weighted by molar-refractivity contribution is 6.38. The zero-order valence-electron chi connectivity index (χ0n) is 17.6. The summed E-state index contributed by atoms with van der Waals surface area (Å²) in [5.74, 6) is -1.17. The molecule has 2 amide bonds. The molecular weight excluding hydrogens is 459 g/mol. The monoisotopic (exact) mass is 479 g/mol. The number of rotatable bonds is 3. The van der Waals surface area contributed by atoms with Gasteiger partial charge in [-0.25, -0.2) is 0 Å². The zero-order chi connectivity index (χ0) is 23.5. The summed E-state index contributed by atoms with van der Waals surface area (Å²) in [7, 11) is 0. The van der Waals surface area contributed by atoms with Crippen LogP contribution < -0.4 is 0 Å². The predicted octanol–water partition coefficient (Wildman–Crippen LogP) is 4.82. The second-order valence-electron chi connectivity index (χ2n) is 9.10. The molecule has 2 aromatic rings. The Bertz CT molecular complexity index is 1170. The summed E-state index contributed by atoms with van der Waals surface area (Å²) < 4.78 is 46.5. The summed E-state index contributed by atoms with van der Waals surface area (Å²) in [4.78, 5) is 28.8. The number of furan rings is 1. The van der Waals surface area contributed by atoms with Crippen LogP contribution in [0.1, 0.15) is 53.3 Å². The lowest BCUT2D eigenvalue weighted by Crippen LogP contribution is -2.53. The molecule has 6 nitrogen and oxygen atoms in total. The number of alkyl halides is 3. The molecule has 0 radical (unpaired) electrons. The van der Waals surface area contributed by atoms with Gasteiger partial charge in [0.1, 0.15) is 5.58 Å². The smallest absolute Gasteiger partial charge is 0.420 e. The van der Waals surface area contributed by atoms with Crippen molar-refractivity contribution in [1.29, 1.82) is 5.26 Å². The molecule has 0 unspecified atom stereocenters. The summed E-state index contributed by atoms with van der Waals surface area (Å²) in [5.41, 5.74) is -0.784. The van der Waals surface area contributed by atoms with Gasteiger partial charge in [0.2, 0.25) is 11.7 Å². The maximum atomic E-state index is 13.7. The number of piperidine rings is 1. The summed E-state index contributed by atoms with van der Waals surface area (Å²) in [5, 5.41) is 8.86. The normalized spacial score (nSPS) is 20.1. The SMILES string of the molecule is N#CC1CN(C(=O)C2CCN(C(=O)c3oc4c(C(F)(F)F)cc(C5CC5)cc4c3Cl)CC2)C1. The van der Waals surface area contributed by atoms with Crippen LogP contribution in [0.2, 0.25) is 5.02 Å². The van der Waals surface area contributed by atoms with Crippen LogP contribution in [0.15, 0.2) is 16.5 Å². The average Bonchev–Trinajstić information content (AvgIpc) is 3.55. The van der Waals surface area contributed by atoms with Gasteiger partial charge >= 0.3 is 6.18 Å². The van der Waals surface area contributed by atoms with Crippen molar-refractivity contribution in [3.63, 3.8) is 0 Å². The molecule has 3 fully saturated rings. The van der Waals surface area contributed by atoms with Crippen LogP contribution in [0.4, 0.5) is 13.2 Å². The third-order valence-electron chi connectivity index (χ3n) is 6.81. The van der Waals surface area contributed by atoms with Crippen molar-refractivity contribution < 1.29 is 27.2 Å². The molecule has 0 bridgehead atoms. The Morgan fingerprint density at radius 1 is 1.09 bits per heavy atom. The molecule has 10 heteroatoms. The molecule has 2 saturated heterocycles. The highest BCUT2D eigenvalue weighted by Crippen LogP contribution is 2.47. The van der Waals surface area contributed by atoms with Crippen molar-refractivity contribution in [1.82, 2.24) is 9.80 Å². The largest absolute Gasteiger partial charge is 0.449 e. The summed E-state index contributed by atoms with van der Waals surface area (Å²) in [6, 6.07) is 4.82. The Kier molecular flexibility index (Phi) is 5.31. The van der Waals surface area contributed by atoms with Crippen LogP contribution in [0.3, 0.4) is 0 Å². The van der Waals surface area contributed by atoms with E-state index in [9.17, 15) is 22.8 Å². The summed E-state index contributed by atoms with van der Waals surface area (Å²) in [6.45, 7) is 1.43. The van der Waals surface area contributed by atoms with Crippen LogP contribution in [-0.4, -0.2) is 47.8 Å². The van der Waals surface area contributed by atoms with Gasteiger partial charge in [-0.15, -0.1) is 0 Å². The Morgan fingerprint density at radius 3 is 2.33 bits per heavy atom. The molecule has 0 spiro atoms. The average molecular weight is 480 g/mol. The lowest BCUT2D eigenvalue weighted by Gasteiger charge is -2.39. The lowest BCUT2D eigenvalue weighted by atomic mass is 9.92. The third kappa shape index (κ3) is 3.95. The Labute approximate surface area is 192 Å². The van der Waals surface area contributed by atoms with Gasteiger partial charge in [-0.2, -0.15) is 18.4 Å². The number of likely N-dealkylation sites (tertiary alicyclic amines) is 2. The molecule has 2 aliphatic heterocycles. The third-order valence-corrected chi connectivity index (χ3v) is 7.18. The Hall–Kier alpha value is -2.73. The van der Waals surface area contributed by atoms with Crippen LogP contribution in [0.5, 0.6) is 0 Å². The van der Waals surface area contributed by atoms with Crippen molar-refractivity contribution >= 4 is 34.4 Å².